The summed E-state index contributed by atoms with van der Waals surface area (Å²) in [5, 5.41) is 12.4. The van der Waals surface area contributed by atoms with E-state index in [-0.39, 0.29) is 23.2 Å². The number of ether oxygens (including phenoxy) is 1. The minimum absolute atomic E-state index is 0.00842. The van der Waals surface area contributed by atoms with Gasteiger partial charge >= 0.3 is 5.97 Å². The number of carbonyl (C=O) groups excluding carboxylic acids is 1. The van der Waals surface area contributed by atoms with Crippen molar-refractivity contribution in [3.8, 4) is 0 Å². The molecule has 1 saturated heterocycles. The summed E-state index contributed by atoms with van der Waals surface area (Å²) in [5.74, 6) is -0.283. The van der Waals surface area contributed by atoms with E-state index < -0.39 is 5.97 Å². The van der Waals surface area contributed by atoms with Gasteiger partial charge in [0.15, 0.2) is 0 Å². The molecule has 0 radical (unpaired) electrons. The van der Waals surface area contributed by atoms with E-state index in [1.165, 1.54) is 19.3 Å². The maximum absolute atomic E-state index is 12.6. The van der Waals surface area contributed by atoms with Gasteiger partial charge in [-0.3, -0.25) is 9.59 Å². The van der Waals surface area contributed by atoms with Gasteiger partial charge in [-0.25, -0.2) is 0 Å². The van der Waals surface area contributed by atoms with Crippen molar-refractivity contribution in [3.63, 3.8) is 0 Å². The molecule has 2 N–H and O–H groups in total. The molecular weight excluding hydrogens is 282 g/mol. The van der Waals surface area contributed by atoms with Crippen molar-refractivity contribution in [2.75, 3.05) is 6.61 Å². The normalized spacial score (nSPS) is 42.1. The van der Waals surface area contributed by atoms with Gasteiger partial charge in [0.1, 0.15) is 0 Å². The Morgan fingerprint density at radius 2 is 1.73 bits per heavy atom. The van der Waals surface area contributed by atoms with Crippen LogP contribution < -0.4 is 5.32 Å². The molecule has 4 fully saturated rings. The lowest BCUT2D eigenvalue weighted by Crippen LogP contribution is -2.72. The number of hydrogen-bond acceptors (Lipinski definition) is 3. The molecule has 22 heavy (non-hydrogen) atoms. The molecule has 1 aliphatic heterocycles. The van der Waals surface area contributed by atoms with Crippen molar-refractivity contribution in [2.45, 2.75) is 63.5 Å². The third-order valence-corrected chi connectivity index (χ3v) is 6.78. The first-order valence-corrected chi connectivity index (χ1v) is 8.76. The highest BCUT2D eigenvalue weighted by molar-refractivity contribution is 5.80. The molecule has 0 bridgehead atoms. The summed E-state index contributed by atoms with van der Waals surface area (Å²) >= 11 is 0. The summed E-state index contributed by atoms with van der Waals surface area (Å²) < 4.78 is 5.89. The lowest BCUT2D eigenvalue weighted by Gasteiger charge is -2.63. The van der Waals surface area contributed by atoms with Crippen molar-refractivity contribution in [1.82, 2.24) is 5.32 Å². The first-order chi connectivity index (χ1) is 10.6. The number of carboxylic acids is 1. The zero-order chi connectivity index (χ0) is 15.3. The predicted molar refractivity (Wildman–Crippen MR) is 79.1 cm³/mol. The van der Waals surface area contributed by atoms with E-state index in [0.29, 0.717) is 43.7 Å². The molecular formula is C17H25NO4. The van der Waals surface area contributed by atoms with Gasteiger partial charge < -0.3 is 15.2 Å². The van der Waals surface area contributed by atoms with E-state index in [0.717, 1.165) is 13.0 Å². The summed E-state index contributed by atoms with van der Waals surface area (Å²) in [4.78, 5) is 23.6. The number of fused-ring (bicyclic) bond motifs is 2. The minimum atomic E-state index is -0.711. The molecule has 0 aromatic carbocycles. The number of aliphatic carboxylic acids is 1. The Morgan fingerprint density at radius 1 is 1.05 bits per heavy atom. The molecule has 5 nitrogen and oxygen atoms in total. The zero-order valence-electron chi connectivity index (χ0n) is 12.9. The van der Waals surface area contributed by atoms with Crippen LogP contribution in [0.15, 0.2) is 0 Å². The fraction of sp³-hybridized carbons (Fsp3) is 0.882. The summed E-state index contributed by atoms with van der Waals surface area (Å²) in [6, 6.07) is 0.304. The second kappa shape index (κ2) is 5.22. The standard InChI is InChI=1S/C17H25NO4/c19-15(10-2-4-11(5-3-10)16(20)21)18-13-12-6-9-22-14(12)17(13)7-1-8-17/h10-14H,1-9H2,(H,18,19)(H,20,21). The van der Waals surface area contributed by atoms with Crippen LogP contribution in [0.3, 0.4) is 0 Å². The smallest absolute Gasteiger partial charge is 0.306 e. The summed E-state index contributed by atoms with van der Waals surface area (Å²) in [6.07, 6.45) is 7.78. The molecule has 4 aliphatic rings. The SMILES string of the molecule is O=C(O)C1CCC(C(=O)NC2C3CCOC3C23CCC3)CC1. The molecule has 0 aromatic heterocycles. The maximum Gasteiger partial charge on any atom is 0.306 e. The Morgan fingerprint density at radius 3 is 2.32 bits per heavy atom. The Bertz CT molecular complexity index is 479. The highest BCUT2D eigenvalue weighted by Crippen LogP contribution is 2.62. The molecule has 3 unspecified atom stereocenters. The lowest BCUT2D eigenvalue weighted by molar-refractivity contribution is -0.180. The molecule has 3 atom stereocenters. The zero-order valence-corrected chi connectivity index (χ0v) is 12.9. The lowest BCUT2D eigenvalue weighted by atomic mass is 9.46. The number of amides is 1. The molecule has 1 amide bonds. The average molecular weight is 307 g/mol. The Hall–Kier alpha value is -1.10. The van der Waals surface area contributed by atoms with Crippen LogP contribution in [-0.4, -0.2) is 35.7 Å². The van der Waals surface area contributed by atoms with Crippen molar-refractivity contribution in [1.29, 1.82) is 0 Å². The van der Waals surface area contributed by atoms with Gasteiger partial charge in [0, 0.05) is 29.9 Å². The van der Waals surface area contributed by atoms with Gasteiger partial charge in [-0.15, -0.1) is 0 Å². The van der Waals surface area contributed by atoms with Crippen LogP contribution in [0.5, 0.6) is 0 Å². The first-order valence-electron chi connectivity index (χ1n) is 8.76. The van der Waals surface area contributed by atoms with Crippen molar-refractivity contribution >= 4 is 11.9 Å². The Balaban J connectivity index is 1.35. The number of carboxylic acid groups (broad SMARTS) is 1. The molecule has 3 aliphatic carbocycles. The van der Waals surface area contributed by atoms with Crippen LogP contribution in [0.1, 0.15) is 51.4 Å². The van der Waals surface area contributed by atoms with Crippen LogP contribution in [0.25, 0.3) is 0 Å². The fourth-order valence-electron chi connectivity index (χ4n) is 5.33. The topological polar surface area (TPSA) is 75.6 Å². The molecule has 0 aromatic rings. The highest BCUT2D eigenvalue weighted by Gasteiger charge is 2.67. The third kappa shape index (κ3) is 2.01. The molecule has 5 heteroatoms. The van der Waals surface area contributed by atoms with E-state index >= 15 is 0 Å². The molecule has 4 rings (SSSR count). The fourth-order valence-corrected chi connectivity index (χ4v) is 5.33. The molecule has 3 saturated carbocycles. The number of hydrogen-bond donors (Lipinski definition) is 2. The van der Waals surface area contributed by atoms with Gasteiger partial charge in [-0.2, -0.15) is 0 Å². The van der Waals surface area contributed by atoms with Gasteiger partial charge in [0.25, 0.3) is 0 Å². The van der Waals surface area contributed by atoms with Gasteiger partial charge in [-0.1, -0.05) is 6.42 Å². The minimum Gasteiger partial charge on any atom is -0.481 e. The van der Waals surface area contributed by atoms with Crippen LogP contribution in [0, 0.1) is 23.2 Å². The monoisotopic (exact) mass is 307 g/mol. The van der Waals surface area contributed by atoms with E-state index in [2.05, 4.69) is 5.32 Å². The summed E-state index contributed by atoms with van der Waals surface area (Å²) in [7, 11) is 0. The van der Waals surface area contributed by atoms with Crippen molar-refractivity contribution in [3.05, 3.63) is 0 Å². The van der Waals surface area contributed by atoms with E-state index in [1.54, 1.807) is 0 Å². The summed E-state index contributed by atoms with van der Waals surface area (Å²) in [5.41, 5.74) is 0.231. The number of nitrogens with one attached hydrogen (secondary N) is 1. The van der Waals surface area contributed by atoms with Crippen molar-refractivity contribution in [2.24, 2.45) is 23.2 Å². The Labute approximate surface area is 130 Å². The van der Waals surface area contributed by atoms with Crippen LogP contribution >= 0.6 is 0 Å². The predicted octanol–water partition coefficient (Wildman–Crippen LogP) is 1.95. The van der Waals surface area contributed by atoms with Gasteiger partial charge in [-0.05, 0) is 44.9 Å². The van der Waals surface area contributed by atoms with E-state index in [4.69, 9.17) is 9.84 Å². The number of rotatable bonds is 3. The van der Waals surface area contributed by atoms with E-state index in [1.807, 2.05) is 0 Å². The first kappa shape index (κ1) is 14.5. The maximum atomic E-state index is 12.6. The second-order valence-corrected chi connectivity index (χ2v) is 7.70. The van der Waals surface area contributed by atoms with Crippen LogP contribution in [-0.2, 0) is 14.3 Å². The largest absolute Gasteiger partial charge is 0.481 e. The van der Waals surface area contributed by atoms with Crippen LogP contribution in [0.2, 0.25) is 0 Å². The second-order valence-electron chi connectivity index (χ2n) is 7.70. The highest BCUT2D eigenvalue weighted by atomic mass is 16.5. The molecule has 122 valence electrons. The average Bonchev–Trinajstić information content (AvgIpc) is 2.88. The quantitative estimate of drug-likeness (QED) is 0.835. The van der Waals surface area contributed by atoms with Crippen molar-refractivity contribution < 1.29 is 19.4 Å². The summed E-state index contributed by atoms with van der Waals surface area (Å²) in [6.45, 7) is 0.840. The Kier molecular flexibility index (Phi) is 3.44. The van der Waals surface area contributed by atoms with Gasteiger partial charge in [0.05, 0.1) is 12.0 Å². The van der Waals surface area contributed by atoms with E-state index in [9.17, 15) is 9.59 Å². The third-order valence-electron chi connectivity index (χ3n) is 6.78. The molecule has 1 spiro atoms. The van der Waals surface area contributed by atoms with Crippen LogP contribution in [0.4, 0.5) is 0 Å². The molecule has 1 heterocycles. The number of carbonyl (C=O) groups is 2. The van der Waals surface area contributed by atoms with Gasteiger partial charge in [0.2, 0.25) is 5.91 Å².